The van der Waals surface area contributed by atoms with E-state index in [0.717, 1.165) is 11.6 Å². The summed E-state index contributed by atoms with van der Waals surface area (Å²) in [6.07, 6.45) is 0. The first kappa shape index (κ1) is 22.1. The molecule has 0 saturated carbocycles. The molecule has 2 aromatic carbocycles. The second kappa shape index (κ2) is 11.0. The number of hydrogen-bond donors (Lipinski definition) is 2. The normalized spacial score (nSPS) is 10.3. The maximum absolute atomic E-state index is 12.1. The van der Waals surface area contributed by atoms with Gasteiger partial charge in [0.25, 0.3) is 11.6 Å². The average molecular weight is 422 g/mol. The molecule has 0 aliphatic heterocycles. The van der Waals surface area contributed by atoms with Gasteiger partial charge in [-0.3, -0.25) is 14.9 Å². The van der Waals surface area contributed by atoms with Gasteiger partial charge in [-0.2, -0.15) is 0 Å². The summed E-state index contributed by atoms with van der Waals surface area (Å²) in [4.78, 5) is 34.6. The summed E-state index contributed by atoms with van der Waals surface area (Å²) in [6.45, 7) is 0.449. The first-order valence-electron chi connectivity index (χ1n) is 8.60. The molecule has 0 saturated heterocycles. The van der Waals surface area contributed by atoms with E-state index in [1.807, 2.05) is 0 Å². The second-order valence-corrected chi connectivity index (χ2v) is 6.33. The van der Waals surface area contributed by atoms with Crippen molar-refractivity contribution in [1.82, 2.24) is 5.32 Å². The van der Waals surface area contributed by atoms with Crippen LogP contribution in [0.3, 0.4) is 0 Å². The number of esters is 1. The van der Waals surface area contributed by atoms with E-state index >= 15 is 0 Å². The van der Waals surface area contributed by atoms with Crippen LogP contribution in [0.25, 0.3) is 0 Å². The van der Waals surface area contributed by atoms with E-state index in [4.69, 9.17) is 21.1 Å². The third-order valence-electron chi connectivity index (χ3n) is 3.76. The third-order valence-corrected chi connectivity index (χ3v) is 4.00. The molecule has 29 heavy (non-hydrogen) atoms. The molecule has 0 heterocycles. The van der Waals surface area contributed by atoms with Crippen LogP contribution in [0.4, 0.5) is 11.4 Å². The Morgan fingerprint density at radius 1 is 1.21 bits per heavy atom. The Kier molecular flexibility index (Phi) is 8.38. The van der Waals surface area contributed by atoms with Crippen molar-refractivity contribution >= 4 is 34.9 Å². The molecule has 1 amide bonds. The van der Waals surface area contributed by atoms with E-state index in [9.17, 15) is 19.7 Å². The van der Waals surface area contributed by atoms with Gasteiger partial charge in [0.1, 0.15) is 5.69 Å². The number of halogens is 1. The summed E-state index contributed by atoms with van der Waals surface area (Å²) in [6, 6.07) is 10.9. The first-order valence-corrected chi connectivity index (χ1v) is 8.98. The predicted octanol–water partition coefficient (Wildman–Crippen LogP) is 2.78. The zero-order chi connectivity index (χ0) is 21.2. The zero-order valence-electron chi connectivity index (χ0n) is 15.6. The number of amides is 1. The van der Waals surface area contributed by atoms with Crippen molar-refractivity contribution in [3.05, 3.63) is 68.7 Å². The molecular formula is C19H20ClN3O6. The van der Waals surface area contributed by atoms with Gasteiger partial charge < -0.3 is 20.1 Å². The van der Waals surface area contributed by atoms with Crippen LogP contribution in [-0.4, -0.2) is 43.7 Å². The van der Waals surface area contributed by atoms with Crippen molar-refractivity contribution in [3.8, 4) is 0 Å². The predicted molar refractivity (Wildman–Crippen MR) is 107 cm³/mol. The Morgan fingerprint density at radius 3 is 2.69 bits per heavy atom. The highest BCUT2D eigenvalue weighted by atomic mass is 35.5. The average Bonchev–Trinajstić information content (AvgIpc) is 2.70. The van der Waals surface area contributed by atoms with E-state index < -0.39 is 23.4 Å². The topological polar surface area (TPSA) is 120 Å². The largest absolute Gasteiger partial charge is 0.452 e. The highest BCUT2D eigenvalue weighted by molar-refractivity contribution is 6.30. The minimum Gasteiger partial charge on any atom is -0.452 e. The molecule has 0 atom stereocenters. The van der Waals surface area contributed by atoms with Gasteiger partial charge in [0.2, 0.25) is 0 Å². The molecule has 0 bridgehead atoms. The lowest BCUT2D eigenvalue weighted by Crippen LogP contribution is -2.28. The molecule has 9 nitrogen and oxygen atoms in total. The first-order chi connectivity index (χ1) is 13.9. The Bertz CT molecular complexity index is 890. The summed E-state index contributed by atoms with van der Waals surface area (Å²) >= 11 is 5.87. The molecule has 0 spiro atoms. The van der Waals surface area contributed by atoms with Crippen LogP contribution in [-0.2, 0) is 20.8 Å². The Labute approximate surface area is 172 Å². The van der Waals surface area contributed by atoms with Gasteiger partial charge in [0, 0.05) is 31.3 Å². The molecule has 154 valence electrons. The van der Waals surface area contributed by atoms with Crippen molar-refractivity contribution in [1.29, 1.82) is 0 Å². The van der Waals surface area contributed by atoms with Crippen LogP contribution in [0.15, 0.2) is 42.5 Å². The second-order valence-electron chi connectivity index (χ2n) is 5.89. The molecule has 0 aliphatic carbocycles. The van der Waals surface area contributed by atoms with Crippen LogP contribution < -0.4 is 10.6 Å². The number of anilines is 1. The molecule has 2 rings (SSSR count). The van der Waals surface area contributed by atoms with E-state index in [0.29, 0.717) is 18.2 Å². The number of hydrogen-bond acceptors (Lipinski definition) is 7. The van der Waals surface area contributed by atoms with Crippen molar-refractivity contribution in [2.45, 2.75) is 6.54 Å². The lowest BCUT2D eigenvalue weighted by Gasteiger charge is -2.09. The van der Waals surface area contributed by atoms with Gasteiger partial charge in [-0.1, -0.05) is 23.7 Å². The summed E-state index contributed by atoms with van der Waals surface area (Å²) in [5.74, 6) is -1.35. The summed E-state index contributed by atoms with van der Waals surface area (Å²) in [7, 11) is 1.51. The summed E-state index contributed by atoms with van der Waals surface area (Å²) in [5.41, 5.74) is 0.741. The number of ether oxygens (including phenoxy) is 2. The molecule has 10 heteroatoms. The van der Waals surface area contributed by atoms with E-state index in [-0.39, 0.29) is 23.5 Å². The lowest BCUT2D eigenvalue weighted by molar-refractivity contribution is -0.384. The number of nitro benzene ring substituents is 1. The Balaban J connectivity index is 1.91. The minimum atomic E-state index is -0.838. The van der Waals surface area contributed by atoms with Crippen LogP contribution >= 0.6 is 11.6 Å². The SMILES string of the molecule is COCCNc1ccc(C(=O)OCC(=O)NCc2cccc(Cl)c2)cc1[N+](=O)[O-]. The number of nitrogens with one attached hydrogen (secondary N) is 2. The van der Waals surface area contributed by atoms with E-state index in [1.54, 1.807) is 24.3 Å². The Hall–Kier alpha value is -3.17. The highest BCUT2D eigenvalue weighted by Crippen LogP contribution is 2.25. The van der Waals surface area contributed by atoms with Gasteiger partial charge in [-0.15, -0.1) is 0 Å². The molecule has 0 aromatic heterocycles. The maximum Gasteiger partial charge on any atom is 0.338 e. The number of nitro groups is 1. The fourth-order valence-corrected chi connectivity index (χ4v) is 2.57. The van der Waals surface area contributed by atoms with Crippen LogP contribution in [0.2, 0.25) is 5.02 Å². The quantitative estimate of drug-likeness (QED) is 0.262. The Morgan fingerprint density at radius 2 is 2.00 bits per heavy atom. The van der Waals surface area contributed by atoms with Gasteiger partial charge in [-0.25, -0.2) is 4.79 Å². The molecule has 0 unspecified atom stereocenters. The molecule has 2 aromatic rings. The van der Waals surface area contributed by atoms with Crippen LogP contribution in [0.5, 0.6) is 0 Å². The van der Waals surface area contributed by atoms with Crippen molar-refractivity contribution in [2.24, 2.45) is 0 Å². The number of carbonyl (C=O) groups excluding carboxylic acids is 2. The van der Waals surface area contributed by atoms with E-state index in [2.05, 4.69) is 10.6 Å². The third kappa shape index (κ3) is 7.05. The van der Waals surface area contributed by atoms with Crippen LogP contribution in [0.1, 0.15) is 15.9 Å². The molecule has 2 N–H and O–H groups in total. The smallest absolute Gasteiger partial charge is 0.338 e. The van der Waals surface area contributed by atoms with Crippen molar-refractivity contribution in [2.75, 3.05) is 32.2 Å². The standard InChI is InChI=1S/C19H20ClN3O6/c1-28-8-7-21-16-6-5-14(10-17(16)23(26)27)19(25)29-12-18(24)22-11-13-3-2-4-15(20)9-13/h2-6,9-10,21H,7-8,11-12H2,1H3,(H,22,24). The highest BCUT2D eigenvalue weighted by Gasteiger charge is 2.19. The van der Waals surface area contributed by atoms with Gasteiger partial charge in [0.05, 0.1) is 17.1 Å². The van der Waals surface area contributed by atoms with Gasteiger partial charge >= 0.3 is 5.97 Å². The number of rotatable bonds is 10. The monoisotopic (exact) mass is 421 g/mol. The maximum atomic E-state index is 12.1. The van der Waals surface area contributed by atoms with Crippen molar-refractivity contribution < 1.29 is 24.0 Å². The van der Waals surface area contributed by atoms with Gasteiger partial charge in [0.15, 0.2) is 6.61 Å². The van der Waals surface area contributed by atoms with Gasteiger partial charge in [-0.05, 0) is 29.8 Å². The number of nitrogens with zero attached hydrogens (tertiary/aromatic N) is 1. The number of methoxy groups -OCH3 is 1. The number of benzene rings is 2. The van der Waals surface area contributed by atoms with Crippen molar-refractivity contribution in [3.63, 3.8) is 0 Å². The number of carbonyl (C=O) groups is 2. The summed E-state index contributed by atoms with van der Waals surface area (Å²) in [5, 5.41) is 17.2. The lowest BCUT2D eigenvalue weighted by atomic mass is 10.1. The molecular weight excluding hydrogens is 402 g/mol. The minimum absolute atomic E-state index is 0.0309. The molecule has 0 aliphatic rings. The van der Waals surface area contributed by atoms with Crippen LogP contribution in [0, 0.1) is 10.1 Å². The fourth-order valence-electron chi connectivity index (χ4n) is 2.36. The fraction of sp³-hybridized carbons (Fsp3) is 0.263. The summed E-state index contributed by atoms with van der Waals surface area (Å²) < 4.78 is 9.82. The van der Waals surface area contributed by atoms with E-state index in [1.165, 1.54) is 19.2 Å². The molecule has 0 radical (unpaired) electrons. The zero-order valence-corrected chi connectivity index (χ0v) is 16.4. The molecule has 0 fully saturated rings.